The average Bonchev–Trinajstić information content (AvgIpc) is 3.38. The van der Waals surface area contributed by atoms with E-state index in [2.05, 4.69) is 45.3 Å². The summed E-state index contributed by atoms with van der Waals surface area (Å²) < 4.78 is 14.5. The summed E-state index contributed by atoms with van der Waals surface area (Å²) in [5.41, 5.74) is 1.33. The minimum Gasteiger partial charge on any atom is -0.598 e. The fourth-order valence-corrected chi connectivity index (χ4v) is 6.64. The Balaban J connectivity index is 1.27. The molecule has 1 aliphatic carbocycles. The summed E-state index contributed by atoms with van der Waals surface area (Å²) in [6, 6.07) is 10.8. The lowest BCUT2D eigenvalue weighted by Crippen LogP contribution is -2.37. The van der Waals surface area contributed by atoms with Crippen LogP contribution in [-0.4, -0.2) is 52.5 Å². The molecule has 0 spiro atoms. The molecule has 0 bridgehead atoms. The highest BCUT2D eigenvalue weighted by Crippen LogP contribution is 2.51. The Morgan fingerprint density at radius 3 is 2.89 bits per heavy atom. The van der Waals surface area contributed by atoms with Gasteiger partial charge in [0.25, 0.3) is 0 Å². The molecule has 1 saturated carbocycles. The van der Waals surface area contributed by atoms with Crippen LogP contribution in [0.25, 0.3) is 0 Å². The molecule has 7 heteroatoms. The van der Waals surface area contributed by atoms with Crippen molar-refractivity contribution in [3.63, 3.8) is 0 Å². The third-order valence-corrected chi connectivity index (χ3v) is 8.17. The van der Waals surface area contributed by atoms with E-state index >= 15 is 0 Å². The molecular formula is C20H29N3O2S2. The molecule has 148 valence electrons. The van der Waals surface area contributed by atoms with Crippen molar-refractivity contribution in [1.82, 2.24) is 14.9 Å². The van der Waals surface area contributed by atoms with Crippen molar-refractivity contribution in [3.8, 4) is 0 Å². The normalized spacial score (nSPS) is 34.9. The number of nitrogens with one attached hydrogen (secondary N) is 2. The van der Waals surface area contributed by atoms with Gasteiger partial charge in [0.1, 0.15) is 6.26 Å². The molecule has 2 N–H and O–H groups in total. The van der Waals surface area contributed by atoms with Crippen LogP contribution >= 0.6 is 11.8 Å². The summed E-state index contributed by atoms with van der Waals surface area (Å²) >= 11 is 1.01. The van der Waals surface area contributed by atoms with E-state index in [4.69, 9.17) is 0 Å². The summed E-state index contributed by atoms with van der Waals surface area (Å²) in [6.45, 7) is 2.63. The number of likely N-dealkylation sites (tertiary alicyclic amines) is 1. The zero-order valence-corrected chi connectivity index (χ0v) is 17.4. The topological polar surface area (TPSA) is 67.4 Å². The SMILES string of the molecule is C[S+]([O-])NC1CCCN(C(=O)C2CC2C2CNC(c3ccccc3)S2)CC1. The van der Waals surface area contributed by atoms with Crippen LogP contribution in [0.15, 0.2) is 30.3 Å². The maximum absolute atomic E-state index is 13.0. The van der Waals surface area contributed by atoms with Gasteiger partial charge in [0, 0.05) is 42.2 Å². The van der Waals surface area contributed by atoms with Gasteiger partial charge in [-0.2, -0.15) is 0 Å². The summed E-state index contributed by atoms with van der Waals surface area (Å²) in [6.07, 6.45) is 5.61. The number of thioether (sulfide) groups is 1. The van der Waals surface area contributed by atoms with Gasteiger partial charge in [-0.1, -0.05) is 30.3 Å². The molecule has 1 amide bonds. The van der Waals surface area contributed by atoms with Crippen LogP contribution in [0.1, 0.15) is 36.6 Å². The number of hydrogen-bond donors (Lipinski definition) is 2. The van der Waals surface area contributed by atoms with Crippen LogP contribution in [0.2, 0.25) is 0 Å². The van der Waals surface area contributed by atoms with Crippen molar-refractivity contribution in [2.45, 2.75) is 42.3 Å². The first-order valence-electron chi connectivity index (χ1n) is 9.94. The van der Waals surface area contributed by atoms with E-state index in [-0.39, 0.29) is 12.0 Å². The highest BCUT2D eigenvalue weighted by molar-refractivity contribution is 8.00. The van der Waals surface area contributed by atoms with E-state index < -0.39 is 11.4 Å². The Hall–Kier alpha value is -0.730. The molecule has 6 unspecified atom stereocenters. The van der Waals surface area contributed by atoms with E-state index in [1.165, 1.54) is 5.56 Å². The Morgan fingerprint density at radius 2 is 2.11 bits per heavy atom. The van der Waals surface area contributed by atoms with Gasteiger partial charge in [0.15, 0.2) is 0 Å². The average molecular weight is 408 g/mol. The first-order valence-corrected chi connectivity index (χ1v) is 12.4. The molecule has 4 rings (SSSR count). The van der Waals surface area contributed by atoms with Crippen molar-refractivity contribution in [3.05, 3.63) is 35.9 Å². The Bertz CT molecular complexity index is 645. The van der Waals surface area contributed by atoms with Gasteiger partial charge in [-0.15, -0.1) is 16.5 Å². The maximum atomic E-state index is 13.0. The zero-order chi connectivity index (χ0) is 18.8. The van der Waals surface area contributed by atoms with Crippen LogP contribution in [0.3, 0.4) is 0 Å². The van der Waals surface area contributed by atoms with Crippen LogP contribution < -0.4 is 10.0 Å². The molecule has 0 radical (unpaired) electrons. The van der Waals surface area contributed by atoms with Gasteiger partial charge in [0.2, 0.25) is 5.91 Å². The lowest BCUT2D eigenvalue weighted by molar-refractivity contribution is -0.132. The Kier molecular flexibility index (Phi) is 6.34. The first kappa shape index (κ1) is 19.6. The number of nitrogens with zero attached hydrogens (tertiary/aromatic N) is 1. The highest BCUT2D eigenvalue weighted by atomic mass is 32.2. The zero-order valence-electron chi connectivity index (χ0n) is 15.8. The third kappa shape index (κ3) is 4.82. The fourth-order valence-electron chi connectivity index (χ4n) is 4.38. The predicted octanol–water partition coefficient (Wildman–Crippen LogP) is 2.29. The van der Waals surface area contributed by atoms with Gasteiger partial charge in [-0.3, -0.25) is 4.79 Å². The number of hydrogen-bond acceptors (Lipinski definition) is 5. The molecule has 2 saturated heterocycles. The van der Waals surface area contributed by atoms with E-state index in [0.717, 1.165) is 45.3 Å². The van der Waals surface area contributed by atoms with E-state index in [9.17, 15) is 9.35 Å². The highest BCUT2D eigenvalue weighted by Gasteiger charge is 2.51. The van der Waals surface area contributed by atoms with Crippen molar-refractivity contribution in [2.24, 2.45) is 11.8 Å². The number of rotatable bonds is 5. The molecule has 5 nitrogen and oxygen atoms in total. The maximum Gasteiger partial charge on any atom is 0.226 e. The Labute approximate surface area is 169 Å². The molecule has 2 aliphatic heterocycles. The lowest BCUT2D eigenvalue weighted by Gasteiger charge is -2.21. The van der Waals surface area contributed by atoms with Gasteiger partial charge < -0.3 is 14.8 Å². The summed E-state index contributed by atoms with van der Waals surface area (Å²) in [4.78, 5) is 15.0. The second-order valence-corrected chi connectivity index (χ2v) is 10.4. The second kappa shape index (κ2) is 8.74. The molecule has 1 aromatic rings. The van der Waals surface area contributed by atoms with Crippen molar-refractivity contribution in [2.75, 3.05) is 25.9 Å². The van der Waals surface area contributed by atoms with Crippen LogP contribution in [0, 0.1) is 11.8 Å². The number of amides is 1. The van der Waals surface area contributed by atoms with Gasteiger partial charge in [-0.05, 0) is 37.2 Å². The van der Waals surface area contributed by atoms with E-state index in [1.807, 2.05) is 11.8 Å². The quantitative estimate of drug-likeness (QED) is 0.733. The third-order valence-electron chi connectivity index (χ3n) is 5.92. The van der Waals surface area contributed by atoms with Crippen molar-refractivity contribution < 1.29 is 9.35 Å². The molecule has 2 heterocycles. The fraction of sp³-hybridized carbons (Fsp3) is 0.650. The second-order valence-electron chi connectivity index (χ2n) is 7.90. The smallest absolute Gasteiger partial charge is 0.226 e. The van der Waals surface area contributed by atoms with E-state index in [1.54, 1.807) is 6.26 Å². The molecule has 3 aliphatic rings. The summed E-state index contributed by atoms with van der Waals surface area (Å²) in [5.74, 6) is 1.08. The lowest BCUT2D eigenvalue weighted by atomic mass is 10.1. The van der Waals surface area contributed by atoms with Crippen LogP contribution in [0.4, 0.5) is 0 Å². The largest absolute Gasteiger partial charge is 0.598 e. The van der Waals surface area contributed by atoms with E-state index in [0.29, 0.717) is 22.4 Å². The summed E-state index contributed by atoms with van der Waals surface area (Å²) in [7, 11) is 0. The molecule has 3 fully saturated rings. The monoisotopic (exact) mass is 407 g/mol. The van der Waals surface area contributed by atoms with Crippen molar-refractivity contribution in [1.29, 1.82) is 0 Å². The number of carbonyl (C=O) groups is 1. The van der Waals surface area contributed by atoms with Gasteiger partial charge in [-0.25, -0.2) is 0 Å². The predicted molar refractivity (Wildman–Crippen MR) is 112 cm³/mol. The standard InChI is InChI=1S/C20H29N3O2S2/c1-27(25)22-15-8-5-10-23(11-9-15)20(24)17-12-16(17)18-13-21-19(26-18)14-6-3-2-4-7-14/h2-4,6-7,15-19,21-22H,5,8-13H2,1H3. The minimum absolute atomic E-state index is 0.212. The van der Waals surface area contributed by atoms with Crippen LogP contribution in [-0.2, 0) is 16.2 Å². The van der Waals surface area contributed by atoms with Gasteiger partial charge in [0.05, 0.1) is 11.4 Å². The Morgan fingerprint density at radius 1 is 1.30 bits per heavy atom. The number of carbonyl (C=O) groups excluding carboxylic acids is 1. The van der Waals surface area contributed by atoms with Gasteiger partial charge >= 0.3 is 0 Å². The molecule has 27 heavy (non-hydrogen) atoms. The first-order chi connectivity index (χ1) is 13.1. The molecule has 1 aromatic carbocycles. The molecule has 0 aromatic heterocycles. The molecule has 6 atom stereocenters. The molecular weight excluding hydrogens is 378 g/mol. The van der Waals surface area contributed by atoms with Crippen LogP contribution in [0.5, 0.6) is 0 Å². The minimum atomic E-state index is -0.979. The van der Waals surface area contributed by atoms with Crippen molar-refractivity contribution >= 4 is 29.0 Å². The number of benzene rings is 1. The summed E-state index contributed by atoms with van der Waals surface area (Å²) in [5, 5.41) is 4.51.